The fraction of sp³-hybridized carbons (Fsp3) is 0.500. The molecule has 0 fully saturated rings. The average Bonchev–Trinajstić information content (AvgIpc) is 2.15. The number of aliphatic hydroxyl groups excluding tert-OH is 1. The lowest BCUT2D eigenvalue weighted by molar-refractivity contribution is 0.282. The molecule has 0 bridgehead atoms. The minimum absolute atomic E-state index is 0.248. The molecule has 1 rings (SSSR count). The van der Waals surface area contributed by atoms with Gasteiger partial charge in [0.2, 0.25) is 0 Å². The highest BCUT2D eigenvalue weighted by molar-refractivity contribution is 9.10. The summed E-state index contributed by atoms with van der Waals surface area (Å²) in [6.07, 6.45) is 1.77. The van der Waals surface area contributed by atoms with Crippen molar-refractivity contribution in [2.24, 2.45) is 0 Å². The summed E-state index contributed by atoms with van der Waals surface area (Å²) >= 11 is 3.31. The highest BCUT2D eigenvalue weighted by Gasteiger charge is 2.02. The molecule has 0 saturated heterocycles. The third-order valence-corrected chi connectivity index (χ3v) is 2.35. The van der Waals surface area contributed by atoms with Crippen LogP contribution < -0.4 is 5.32 Å². The molecule has 78 valence electrons. The van der Waals surface area contributed by atoms with Gasteiger partial charge in [0, 0.05) is 12.6 Å². The van der Waals surface area contributed by atoms with Crippen molar-refractivity contribution in [1.29, 1.82) is 0 Å². The Balaban J connectivity index is 2.43. The maximum absolute atomic E-state index is 8.67. The minimum Gasteiger partial charge on any atom is -0.396 e. The molecular weight excluding hydrogens is 244 g/mol. The Morgan fingerprint density at radius 2 is 2.36 bits per heavy atom. The van der Waals surface area contributed by atoms with Gasteiger partial charge in [-0.3, -0.25) is 0 Å². The van der Waals surface area contributed by atoms with Crippen molar-refractivity contribution in [3.8, 4) is 0 Å². The van der Waals surface area contributed by atoms with Gasteiger partial charge < -0.3 is 10.4 Å². The summed E-state index contributed by atoms with van der Waals surface area (Å²) in [6.45, 7) is 2.33. The molecule has 3 nitrogen and oxygen atoms in total. The summed E-state index contributed by atoms with van der Waals surface area (Å²) < 4.78 is 0.830. The molecule has 14 heavy (non-hydrogen) atoms. The van der Waals surface area contributed by atoms with E-state index in [1.165, 1.54) is 0 Å². The molecule has 1 atom stereocenters. The molecule has 0 spiro atoms. The Hall–Kier alpha value is -0.610. The molecule has 0 aliphatic rings. The number of halogens is 1. The van der Waals surface area contributed by atoms with Crippen molar-refractivity contribution >= 4 is 21.7 Å². The lowest BCUT2D eigenvalue weighted by Crippen LogP contribution is -2.16. The topological polar surface area (TPSA) is 45.1 Å². The van der Waals surface area contributed by atoms with Gasteiger partial charge in [-0.1, -0.05) is 6.07 Å². The zero-order valence-electron chi connectivity index (χ0n) is 8.20. The first kappa shape index (κ1) is 11.5. The van der Waals surface area contributed by atoms with E-state index in [2.05, 4.69) is 33.2 Å². The number of rotatable bonds is 5. The van der Waals surface area contributed by atoms with E-state index in [1.807, 2.05) is 18.2 Å². The highest BCUT2D eigenvalue weighted by atomic mass is 79.9. The third-order valence-electron chi connectivity index (χ3n) is 1.90. The molecule has 0 radical (unpaired) electrons. The molecule has 4 heteroatoms. The van der Waals surface area contributed by atoms with E-state index in [4.69, 9.17) is 5.11 Å². The van der Waals surface area contributed by atoms with E-state index < -0.39 is 0 Å². The van der Waals surface area contributed by atoms with Gasteiger partial charge in [-0.25, -0.2) is 4.98 Å². The quantitative estimate of drug-likeness (QED) is 0.798. The van der Waals surface area contributed by atoms with Crippen molar-refractivity contribution in [1.82, 2.24) is 4.98 Å². The van der Waals surface area contributed by atoms with Gasteiger partial charge in [0.1, 0.15) is 10.4 Å². The monoisotopic (exact) mass is 258 g/mol. The van der Waals surface area contributed by atoms with Gasteiger partial charge >= 0.3 is 0 Å². The first-order valence-corrected chi connectivity index (χ1v) is 5.51. The SMILES string of the molecule is CC(CCCO)Nc1cccc(Br)n1. The molecule has 0 aliphatic carbocycles. The number of nitrogens with one attached hydrogen (secondary N) is 1. The van der Waals surface area contributed by atoms with Crippen LogP contribution in [0.5, 0.6) is 0 Å². The Kier molecular flexibility index (Phi) is 4.90. The zero-order chi connectivity index (χ0) is 10.4. The number of hydrogen-bond acceptors (Lipinski definition) is 3. The van der Waals surface area contributed by atoms with Crippen LogP contribution in [0.1, 0.15) is 19.8 Å². The lowest BCUT2D eigenvalue weighted by atomic mass is 10.2. The standard InChI is InChI=1S/C10H15BrN2O/c1-8(4-3-7-14)12-10-6-2-5-9(11)13-10/h2,5-6,8,14H,3-4,7H2,1H3,(H,12,13). The molecule has 1 heterocycles. The summed E-state index contributed by atoms with van der Waals surface area (Å²) in [4.78, 5) is 4.26. The highest BCUT2D eigenvalue weighted by Crippen LogP contribution is 2.12. The van der Waals surface area contributed by atoms with E-state index in [0.717, 1.165) is 23.3 Å². The van der Waals surface area contributed by atoms with Crippen LogP contribution in [0, 0.1) is 0 Å². The third kappa shape index (κ3) is 4.07. The fourth-order valence-corrected chi connectivity index (χ4v) is 1.55. The molecule has 2 N–H and O–H groups in total. The maximum atomic E-state index is 8.67. The van der Waals surface area contributed by atoms with Crippen molar-refractivity contribution in [3.05, 3.63) is 22.8 Å². The largest absolute Gasteiger partial charge is 0.396 e. The Labute approximate surface area is 92.7 Å². The van der Waals surface area contributed by atoms with Crippen molar-refractivity contribution in [3.63, 3.8) is 0 Å². The number of nitrogens with zero attached hydrogens (tertiary/aromatic N) is 1. The molecule has 0 aliphatic heterocycles. The Morgan fingerprint density at radius 3 is 3.00 bits per heavy atom. The second-order valence-corrected chi connectivity index (χ2v) is 4.07. The van der Waals surface area contributed by atoms with Gasteiger partial charge in [0.15, 0.2) is 0 Å². The summed E-state index contributed by atoms with van der Waals surface area (Å²) in [5, 5.41) is 11.9. The molecular formula is C10H15BrN2O. The molecule has 0 saturated carbocycles. The van der Waals surface area contributed by atoms with Crippen LogP contribution in [0.25, 0.3) is 0 Å². The molecule has 1 unspecified atom stereocenters. The first-order chi connectivity index (χ1) is 6.72. The van der Waals surface area contributed by atoms with Crippen LogP contribution in [-0.4, -0.2) is 22.7 Å². The Morgan fingerprint density at radius 1 is 1.57 bits per heavy atom. The van der Waals surface area contributed by atoms with Crippen molar-refractivity contribution in [2.45, 2.75) is 25.8 Å². The van der Waals surface area contributed by atoms with Crippen LogP contribution in [0.15, 0.2) is 22.8 Å². The Bertz CT molecular complexity index is 281. The predicted molar refractivity (Wildman–Crippen MR) is 61.3 cm³/mol. The van der Waals surface area contributed by atoms with Gasteiger partial charge in [0.05, 0.1) is 0 Å². The summed E-state index contributed by atoms with van der Waals surface area (Å²) in [6, 6.07) is 6.10. The summed E-state index contributed by atoms with van der Waals surface area (Å²) in [5.74, 6) is 0.866. The fourth-order valence-electron chi connectivity index (χ4n) is 1.21. The first-order valence-electron chi connectivity index (χ1n) is 4.72. The van der Waals surface area contributed by atoms with Gasteiger partial charge in [-0.15, -0.1) is 0 Å². The van der Waals surface area contributed by atoms with Gasteiger partial charge in [-0.2, -0.15) is 0 Å². The summed E-state index contributed by atoms with van der Waals surface area (Å²) in [5.41, 5.74) is 0. The van der Waals surface area contributed by atoms with Crippen LogP contribution in [0.2, 0.25) is 0 Å². The number of anilines is 1. The van der Waals surface area contributed by atoms with E-state index in [1.54, 1.807) is 0 Å². The van der Waals surface area contributed by atoms with Crippen LogP contribution in [0.4, 0.5) is 5.82 Å². The van der Waals surface area contributed by atoms with E-state index in [-0.39, 0.29) is 6.61 Å². The normalized spacial score (nSPS) is 12.5. The molecule has 0 amide bonds. The number of aromatic nitrogens is 1. The lowest BCUT2D eigenvalue weighted by Gasteiger charge is -2.13. The number of pyridine rings is 1. The van der Waals surface area contributed by atoms with Gasteiger partial charge in [-0.05, 0) is 47.8 Å². The van der Waals surface area contributed by atoms with Crippen molar-refractivity contribution < 1.29 is 5.11 Å². The second kappa shape index (κ2) is 5.98. The second-order valence-electron chi connectivity index (χ2n) is 3.26. The number of hydrogen-bond donors (Lipinski definition) is 2. The van der Waals surface area contributed by atoms with Crippen LogP contribution in [-0.2, 0) is 0 Å². The van der Waals surface area contributed by atoms with Crippen molar-refractivity contribution in [2.75, 3.05) is 11.9 Å². The van der Waals surface area contributed by atoms with Crippen LogP contribution in [0.3, 0.4) is 0 Å². The molecule has 1 aromatic rings. The van der Waals surface area contributed by atoms with Gasteiger partial charge in [0.25, 0.3) is 0 Å². The maximum Gasteiger partial charge on any atom is 0.127 e. The van der Waals surface area contributed by atoms with Crippen LogP contribution >= 0.6 is 15.9 Å². The average molecular weight is 259 g/mol. The molecule has 1 aromatic heterocycles. The van der Waals surface area contributed by atoms with E-state index in [0.29, 0.717) is 6.04 Å². The van der Waals surface area contributed by atoms with E-state index in [9.17, 15) is 0 Å². The smallest absolute Gasteiger partial charge is 0.127 e. The van der Waals surface area contributed by atoms with E-state index >= 15 is 0 Å². The zero-order valence-corrected chi connectivity index (χ0v) is 9.79. The number of aliphatic hydroxyl groups is 1. The summed E-state index contributed by atoms with van der Waals surface area (Å²) in [7, 11) is 0. The minimum atomic E-state index is 0.248. The predicted octanol–water partition coefficient (Wildman–Crippen LogP) is 2.42. The molecule has 0 aromatic carbocycles.